The number of aromatic nitrogens is 1. The van der Waals surface area contributed by atoms with Gasteiger partial charge in [-0.05, 0) is 31.7 Å². The lowest BCUT2D eigenvalue weighted by Crippen LogP contribution is -2.39. The summed E-state index contributed by atoms with van der Waals surface area (Å²) in [6, 6.07) is 4.28. The summed E-state index contributed by atoms with van der Waals surface area (Å²) in [5.41, 5.74) is 1.11. The third-order valence-electron chi connectivity index (χ3n) is 3.25. The molecule has 0 aliphatic carbocycles. The molecule has 2 rings (SSSR count). The SMILES string of the molecule is CN=C(NCc1sc(C)nc1C)N(C)CCc1cccs1. The van der Waals surface area contributed by atoms with Crippen molar-refractivity contribution >= 4 is 28.6 Å². The molecule has 1 N–H and O–H groups in total. The van der Waals surface area contributed by atoms with Crippen LogP contribution in [0.3, 0.4) is 0 Å². The maximum Gasteiger partial charge on any atom is 0.193 e. The number of nitrogens with zero attached hydrogens (tertiary/aromatic N) is 3. The minimum atomic E-state index is 0.785. The first-order valence-electron chi connectivity index (χ1n) is 6.97. The van der Waals surface area contributed by atoms with Crippen LogP contribution in [0.1, 0.15) is 20.5 Å². The summed E-state index contributed by atoms with van der Waals surface area (Å²) < 4.78 is 0. The van der Waals surface area contributed by atoms with E-state index in [4.69, 9.17) is 0 Å². The van der Waals surface area contributed by atoms with Crippen LogP contribution in [0.5, 0.6) is 0 Å². The van der Waals surface area contributed by atoms with Gasteiger partial charge in [0, 0.05) is 30.4 Å². The first-order chi connectivity index (χ1) is 10.1. The molecule has 0 aliphatic rings. The smallest absolute Gasteiger partial charge is 0.193 e. The minimum absolute atomic E-state index is 0.785. The van der Waals surface area contributed by atoms with Crippen molar-refractivity contribution in [3.05, 3.63) is 38.0 Å². The van der Waals surface area contributed by atoms with Crippen LogP contribution in [-0.4, -0.2) is 36.5 Å². The Hall–Kier alpha value is -1.40. The number of thiophene rings is 1. The molecule has 0 unspecified atom stereocenters. The molecule has 0 saturated carbocycles. The number of thiazole rings is 1. The Kier molecular flexibility index (Phi) is 5.76. The second-order valence-corrected chi connectivity index (χ2v) is 7.21. The van der Waals surface area contributed by atoms with Gasteiger partial charge < -0.3 is 10.2 Å². The zero-order valence-electron chi connectivity index (χ0n) is 13.0. The van der Waals surface area contributed by atoms with E-state index in [-0.39, 0.29) is 0 Å². The molecule has 6 heteroatoms. The highest BCUT2D eigenvalue weighted by atomic mass is 32.1. The predicted octanol–water partition coefficient (Wildman–Crippen LogP) is 3.07. The molecule has 4 nitrogen and oxygen atoms in total. The van der Waals surface area contributed by atoms with Gasteiger partial charge in [0.1, 0.15) is 0 Å². The quantitative estimate of drug-likeness (QED) is 0.679. The van der Waals surface area contributed by atoms with Gasteiger partial charge in [-0.2, -0.15) is 0 Å². The molecule has 0 fully saturated rings. The molecule has 114 valence electrons. The highest BCUT2D eigenvalue weighted by molar-refractivity contribution is 7.11. The fourth-order valence-corrected chi connectivity index (χ4v) is 3.70. The Morgan fingerprint density at radius 3 is 2.81 bits per heavy atom. The van der Waals surface area contributed by atoms with Gasteiger partial charge in [0.15, 0.2) is 5.96 Å². The largest absolute Gasteiger partial charge is 0.351 e. The van der Waals surface area contributed by atoms with Gasteiger partial charge in [-0.25, -0.2) is 4.98 Å². The number of guanidine groups is 1. The molecule has 21 heavy (non-hydrogen) atoms. The summed E-state index contributed by atoms with van der Waals surface area (Å²) in [6.45, 7) is 5.85. The Bertz CT molecular complexity index is 587. The molecule has 0 saturated heterocycles. The number of aryl methyl sites for hydroxylation is 2. The van der Waals surface area contributed by atoms with E-state index in [2.05, 4.69) is 51.7 Å². The van der Waals surface area contributed by atoms with E-state index in [1.807, 2.05) is 14.0 Å². The standard InChI is InChI=1S/C15H22N4S2/c1-11-14(21-12(2)18-11)10-17-15(16-3)19(4)8-7-13-6-5-9-20-13/h5-6,9H,7-8,10H2,1-4H3,(H,16,17). The van der Waals surface area contributed by atoms with Gasteiger partial charge in [-0.1, -0.05) is 6.07 Å². The van der Waals surface area contributed by atoms with Crippen LogP contribution in [-0.2, 0) is 13.0 Å². The highest BCUT2D eigenvalue weighted by Crippen LogP contribution is 2.16. The number of rotatable bonds is 5. The van der Waals surface area contributed by atoms with E-state index in [1.165, 1.54) is 9.75 Å². The molecule has 0 aromatic carbocycles. The molecule has 0 spiro atoms. The molecule has 2 aromatic rings. The Morgan fingerprint density at radius 1 is 1.43 bits per heavy atom. The fourth-order valence-electron chi connectivity index (χ4n) is 2.12. The molecule has 0 bridgehead atoms. The summed E-state index contributed by atoms with van der Waals surface area (Å²) in [4.78, 5) is 13.7. The first-order valence-corrected chi connectivity index (χ1v) is 8.67. The van der Waals surface area contributed by atoms with Crippen molar-refractivity contribution in [3.8, 4) is 0 Å². The lowest BCUT2D eigenvalue weighted by molar-refractivity contribution is 0.486. The van der Waals surface area contributed by atoms with Crippen molar-refractivity contribution in [3.63, 3.8) is 0 Å². The molecule has 2 aromatic heterocycles. The van der Waals surface area contributed by atoms with Gasteiger partial charge in [0.05, 0.1) is 17.2 Å². The van der Waals surface area contributed by atoms with Gasteiger partial charge in [0.25, 0.3) is 0 Å². The van der Waals surface area contributed by atoms with Crippen LogP contribution in [0.2, 0.25) is 0 Å². The number of likely N-dealkylation sites (N-methyl/N-ethyl adjacent to an activating group) is 1. The topological polar surface area (TPSA) is 40.5 Å². The second kappa shape index (κ2) is 7.56. The van der Waals surface area contributed by atoms with E-state index in [0.717, 1.165) is 36.2 Å². The van der Waals surface area contributed by atoms with Crippen molar-refractivity contribution in [1.82, 2.24) is 15.2 Å². The second-order valence-electron chi connectivity index (χ2n) is 4.89. The molecule has 0 aliphatic heterocycles. The maximum atomic E-state index is 4.46. The normalized spacial score (nSPS) is 11.7. The van der Waals surface area contributed by atoms with Crippen LogP contribution in [0.15, 0.2) is 22.5 Å². The molecular weight excluding hydrogens is 300 g/mol. The predicted molar refractivity (Wildman–Crippen MR) is 92.4 cm³/mol. The van der Waals surface area contributed by atoms with Gasteiger partial charge in [-0.15, -0.1) is 22.7 Å². The molecule has 2 heterocycles. The maximum absolute atomic E-state index is 4.46. The molecule has 0 atom stereocenters. The van der Waals surface area contributed by atoms with Crippen LogP contribution in [0.4, 0.5) is 0 Å². The van der Waals surface area contributed by atoms with Gasteiger partial charge in [-0.3, -0.25) is 4.99 Å². The molecule has 0 amide bonds. The number of nitrogens with one attached hydrogen (secondary N) is 1. The van der Waals surface area contributed by atoms with Crippen LogP contribution < -0.4 is 5.32 Å². The monoisotopic (exact) mass is 322 g/mol. The van der Waals surface area contributed by atoms with Crippen LogP contribution in [0, 0.1) is 13.8 Å². The fraction of sp³-hybridized carbons (Fsp3) is 0.467. The molecule has 0 radical (unpaired) electrons. The zero-order valence-corrected chi connectivity index (χ0v) is 14.6. The summed E-state index contributed by atoms with van der Waals surface area (Å²) in [5, 5.41) is 6.66. The van der Waals surface area contributed by atoms with E-state index in [1.54, 1.807) is 22.7 Å². The Morgan fingerprint density at radius 2 is 2.24 bits per heavy atom. The first kappa shape index (κ1) is 16.0. The molecular formula is C15H22N4S2. The number of hydrogen-bond acceptors (Lipinski definition) is 4. The van der Waals surface area contributed by atoms with Crippen molar-refractivity contribution in [2.24, 2.45) is 4.99 Å². The van der Waals surface area contributed by atoms with Crippen LogP contribution in [0.25, 0.3) is 0 Å². The third-order valence-corrected chi connectivity index (χ3v) is 5.26. The number of hydrogen-bond donors (Lipinski definition) is 1. The lowest BCUT2D eigenvalue weighted by Gasteiger charge is -2.21. The van der Waals surface area contributed by atoms with Crippen molar-refractivity contribution in [2.45, 2.75) is 26.8 Å². The van der Waals surface area contributed by atoms with Gasteiger partial charge >= 0.3 is 0 Å². The zero-order chi connectivity index (χ0) is 15.2. The highest BCUT2D eigenvalue weighted by Gasteiger charge is 2.09. The Labute approximate surface area is 134 Å². The average molecular weight is 323 g/mol. The van der Waals surface area contributed by atoms with E-state index >= 15 is 0 Å². The summed E-state index contributed by atoms with van der Waals surface area (Å²) >= 11 is 3.55. The lowest BCUT2D eigenvalue weighted by atomic mass is 10.3. The van der Waals surface area contributed by atoms with Crippen molar-refractivity contribution in [1.29, 1.82) is 0 Å². The van der Waals surface area contributed by atoms with Crippen molar-refractivity contribution in [2.75, 3.05) is 20.6 Å². The van der Waals surface area contributed by atoms with E-state index < -0.39 is 0 Å². The Balaban J connectivity index is 1.86. The summed E-state index contributed by atoms with van der Waals surface area (Å²) in [7, 11) is 3.91. The van der Waals surface area contributed by atoms with Crippen LogP contribution >= 0.6 is 22.7 Å². The average Bonchev–Trinajstić information content (AvgIpc) is 3.07. The summed E-state index contributed by atoms with van der Waals surface area (Å²) in [6.07, 6.45) is 1.05. The van der Waals surface area contributed by atoms with Crippen molar-refractivity contribution < 1.29 is 0 Å². The third kappa shape index (κ3) is 4.54. The minimum Gasteiger partial charge on any atom is -0.351 e. The van der Waals surface area contributed by atoms with E-state index in [0.29, 0.717) is 0 Å². The van der Waals surface area contributed by atoms with E-state index in [9.17, 15) is 0 Å². The summed E-state index contributed by atoms with van der Waals surface area (Å²) in [5.74, 6) is 0.928. The van der Waals surface area contributed by atoms with Gasteiger partial charge in [0.2, 0.25) is 0 Å². The number of aliphatic imine (C=N–C) groups is 1.